The Morgan fingerprint density at radius 2 is 2.33 bits per heavy atom. The maximum Gasteiger partial charge on any atom is 0.131 e. The Morgan fingerprint density at radius 1 is 1.67 bits per heavy atom. The van der Waals surface area contributed by atoms with Crippen LogP contribution in [0, 0.1) is 5.92 Å². The van der Waals surface area contributed by atoms with Crippen LogP contribution in [0.1, 0.15) is 20.3 Å². The van der Waals surface area contributed by atoms with Crippen LogP contribution in [0.2, 0.25) is 0 Å². The van der Waals surface area contributed by atoms with Crippen molar-refractivity contribution >= 4 is 21.0 Å². The fraction of sp³-hybridized carbons (Fsp3) is 1.00. The summed E-state index contributed by atoms with van der Waals surface area (Å²) in [5, 5.41) is 0.468. The molecule has 1 aliphatic heterocycles. The Hall–Kier alpha value is 0.660. The molecule has 2 atom stereocenters. The molecule has 1 nitrogen and oxygen atoms in total. The maximum absolute atomic E-state index is 11.1. The molecule has 0 bridgehead atoms. The SMILES string of the molecule is CC(C)C1CCS[S+]1[O-]. The fourth-order valence-electron chi connectivity index (χ4n) is 0.986. The molecule has 0 aromatic rings. The van der Waals surface area contributed by atoms with E-state index in [4.69, 9.17) is 0 Å². The van der Waals surface area contributed by atoms with Crippen molar-refractivity contribution in [2.45, 2.75) is 25.5 Å². The molecule has 54 valence electrons. The van der Waals surface area contributed by atoms with Crippen molar-refractivity contribution in [3.05, 3.63) is 0 Å². The largest absolute Gasteiger partial charge is 0.605 e. The van der Waals surface area contributed by atoms with Gasteiger partial charge in [-0.25, -0.2) is 0 Å². The predicted molar refractivity (Wildman–Crippen MR) is 43.8 cm³/mol. The summed E-state index contributed by atoms with van der Waals surface area (Å²) >= 11 is 0. The van der Waals surface area contributed by atoms with E-state index in [1.807, 2.05) is 0 Å². The molecule has 0 radical (unpaired) electrons. The van der Waals surface area contributed by atoms with Gasteiger partial charge in [-0.15, -0.1) is 0 Å². The van der Waals surface area contributed by atoms with Crippen molar-refractivity contribution < 1.29 is 4.55 Å². The molecule has 0 aromatic heterocycles. The second-order valence-electron chi connectivity index (χ2n) is 2.65. The Balaban J connectivity index is 2.40. The summed E-state index contributed by atoms with van der Waals surface area (Å²) in [6.45, 7) is 4.29. The van der Waals surface area contributed by atoms with Gasteiger partial charge in [0.1, 0.15) is 5.25 Å². The molecule has 0 N–H and O–H groups in total. The fourth-order valence-corrected chi connectivity index (χ4v) is 4.84. The van der Waals surface area contributed by atoms with Gasteiger partial charge in [0.15, 0.2) is 0 Å². The third-order valence-corrected chi connectivity index (χ3v) is 5.44. The van der Waals surface area contributed by atoms with E-state index in [1.54, 1.807) is 10.8 Å². The van der Waals surface area contributed by atoms with Crippen molar-refractivity contribution in [2.24, 2.45) is 5.92 Å². The van der Waals surface area contributed by atoms with Gasteiger partial charge in [-0.2, -0.15) is 0 Å². The first-order chi connectivity index (χ1) is 4.22. The van der Waals surface area contributed by atoms with Crippen molar-refractivity contribution in [1.29, 1.82) is 0 Å². The van der Waals surface area contributed by atoms with Gasteiger partial charge in [-0.3, -0.25) is 0 Å². The van der Waals surface area contributed by atoms with E-state index in [-0.39, 0.29) is 0 Å². The van der Waals surface area contributed by atoms with E-state index >= 15 is 0 Å². The average molecular weight is 164 g/mol. The summed E-state index contributed by atoms with van der Waals surface area (Å²) in [4.78, 5) is 0. The van der Waals surface area contributed by atoms with Crippen molar-refractivity contribution in [3.63, 3.8) is 0 Å². The summed E-state index contributed by atoms with van der Waals surface area (Å²) in [5.74, 6) is 1.69. The lowest BCUT2D eigenvalue weighted by molar-refractivity contribution is 0.541. The lowest BCUT2D eigenvalue weighted by Gasteiger charge is -2.13. The quantitative estimate of drug-likeness (QED) is 0.436. The topological polar surface area (TPSA) is 23.1 Å². The van der Waals surface area contributed by atoms with Crippen LogP contribution in [0.15, 0.2) is 0 Å². The van der Waals surface area contributed by atoms with Gasteiger partial charge in [0.25, 0.3) is 0 Å². The second kappa shape index (κ2) is 3.17. The highest BCUT2D eigenvalue weighted by Gasteiger charge is 2.33. The molecule has 1 saturated heterocycles. The first kappa shape index (κ1) is 7.76. The molecule has 0 spiro atoms. The lowest BCUT2D eigenvalue weighted by atomic mass is 10.1. The third-order valence-electron chi connectivity index (χ3n) is 1.59. The van der Waals surface area contributed by atoms with Crippen LogP contribution in [-0.2, 0) is 10.2 Å². The van der Waals surface area contributed by atoms with E-state index in [9.17, 15) is 4.55 Å². The molecule has 2 unspecified atom stereocenters. The smallest absolute Gasteiger partial charge is 0.131 e. The molecule has 0 saturated carbocycles. The van der Waals surface area contributed by atoms with Gasteiger partial charge >= 0.3 is 0 Å². The molecule has 1 aliphatic rings. The van der Waals surface area contributed by atoms with Crippen LogP contribution < -0.4 is 0 Å². The molecular formula is C6H12OS2. The van der Waals surface area contributed by atoms with E-state index < -0.39 is 10.2 Å². The van der Waals surface area contributed by atoms with Crippen LogP contribution in [-0.4, -0.2) is 15.6 Å². The number of hydrogen-bond acceptors (Lipinski definition) is 2. The van der Waals surface area contributed by atoms with Gasteiger partial charge in [-0.05, 0) is 0 Å². The Bertz CT molecular complexity index is 95.1. The zero-order valence-electron chi connectivity index (χ0n) is 5.79. The number of hydrogen-bond donors (Lipinski definition) is 0. The average Bonchev–Trinajstić information content (AvgIpc) is 2.13. The first-order valence-corrected chi connectivity index (χ1v) is 5.97. The zero-order chi connectivity index (χ0) is 6.85. The van der Waals surface area contributed by atoms with Gasteiger partial charge in [0.05, 0.1) is 10.8 Å². The first-order valence-electron chi connectivity index (χ1n) is 3.25. The monoisotopic (exact) mass is 164 g/mol. The molecular weight excluding hydrogens is 152 g/mol. The van der Waals surface area contributed by atoms with E-state index in [2.05, 4.69) is 13.8 Å². The normalized spacial score (nSPS) is 36.0. The van der Waals surface area contributed by atoms with Crippen LogP contribution >= 0.6 is 10.8 Å². The minimum Gasteiger partial charge on any atom is -0.605 e. The molecule has 1 heterocycles. The highest BCUT2D eigenvalue weighted by atomic mass is 33.1. The van der Waals surface area contributed by atoms with Crippen molar-refractivity contribution in [1.82, 2.24) is 0 Å². The van der Waals surface area contributed by atoms with E-state index in [1.165, 1.54) is 0 Å². The van der Waals surface area contributed by atoms with Gasteiger partial charge < -0.3 is 4.55 Å². The van der Waals surface area contributed by atoms with Crippen molar-refractivity contribution in [3.8, 4) is 0 Å². The standard InChI is InChI=1S/C6H12OS2/c1-5(2)6-3-4-8-9(6)7/h5-6H,3-4H2,1-2H3. The highest BCUT2D eigenvalue weighted by molar-refractivity contribution is 8.72. The lowest BCUT2D eigenvalue weighted by Crippen LogP contribution is -2.18. The third kappa shape index (κ3) is 1.79. The highest BCUT2D eigenvalue weighted by Crippen LogP contribution is 2.34. The molecule has 1 fully saturated rings. The number of rotatable bonds is 1. The van der Waals surface area contributed by atoms with E-state index in [0.29, 0.717) is 11.2 Å². The molecule has 9 heavy (non-hydrogen) atoms. The Kier molecular flexibility index (Phi) is 2.73. The predicted octanol–water partition coefficient (Wildman–Crippen LogP) is 1.81. The molecule has 0 aliphatic carbocycles. The maximum atomic E-state index is 11.1. The van der Waals surface area contributed by atoms with Gasteiger partial charge in [0.2, 0.25) is 0 Å². The van der Waals surface area contributed by atoms with Crippen LogP contribution in [0.4, 0.5) is 0 Å². The molecule has 3 heteroatoms. The summed E-state index contributed by atoms with van der Waals surface area (Å²) in [5.41, 5.74) is 0. The molecule has 1 rings (SSSR count). The minimum atomic E-state index is -0.574. The molecule has 0 amide bonds. The summed E-state index contributed by atoms with van der Waals surface area (Å²) in [6.07, 6.45) is 1.15. The Labute approximate surface area is 63.2 Å². The van der Waals surface area contributed by atoms with E-state index in [0.717, 1.165) is 12.2 Å². The van der Waals surface area contributed by atoms with Crippen LogP contribution in [0.5, 0.6) is 0 Å². The minimum absolute atomic E-state index is 0.468. The van der Waals surface area contributed by atoms with Crippen LogP contribution in [0.25, 0.3) is 0 Å². The van der Waals surface area contributed by atoms with Crippen molar-refractivity contribution in [2.75, 3.05) is 5.75 Å². The van der Waals surface area contributed by atoms with Gasteiger partial charge in [0, 0.05) is 28.3 Å². The summed E-state index contributed by atoms with van der Waals surface area (Å²) in [7, 11) is 1.03. The summed E-state index contributed by atoms with van der Waals surface area (Å²) in [6, 6.07) is 0. The second-order valence-corrected chi connectivity index (χ2v) is 6.12. The van der Waals surface area contributed by atoms with Gasteiger partial charge in [-0.1, -0.05) is 13.8 Å². The zero-order valence-corrected chi connectivity index (χ0v) is 7.43. The van der Waals surface area contributed by atoms with Crippen LogP contribution in [0.3, 0.4) is 0 Å². The summed E-state index contributed by atoms with van der Waals surface area (Å²) < 4.78 is 11.1. The Morgan fingerprint density at radius 3 is 2.56 bits per heavy atom. The molecule has 0 aromatic carbocycles.